The summed E-state index contributed by atoms with van der Waals surface area (Å²) in [5.74, 6) is -0.367. The molecule has 3 aromatic rings. The van der Waals surface area contributed by atoms with E-state index in [-0.39, 0.29) is 5.97 Å². The van der Waals surface area contributed by atoms with Crippen molar-refractivity contribution in [1.29, 1.82) is 0 Å². The van der Waals surface area contributed by atoms with Gasteiger partial charge in [0.05, 0.1) is 5.56 Å². The number of hydrogen-bond donors (Lipinski definition) is 0. The summed E-state index contributed by atoms with van der Waals surface area (Å²) in [7, 11) is 0. The summed E-state index contributed by atoms with van der Waals surface area (Å²) in [6.07, 6.45) is 3.26. The fourth-order valence-electron chi connectivity index (χ4n) is 2.58. The Labute approximate surface area is 147 Å². The second-order valence-corrected chi connectivity index (χ2v) is 5.87. The van der Waals surface area contributed by atoms with E-state index in [0.29, 0.717) is 5.56 Å². The summed E-state index contributed by atoms with van der Waals surface area (Å²) in [4.78, 5) is 12.3. The highest BCUT2D eigenvalue weighted by atomic mass is 16.6. The van der Waals surface area contributed by atoms with Crippen molar-refractivity contribution in [2.45, 2.75) is 13.2 Å². The smallest absolute Gasteiger partial charge is 0.343 e. The first-order chi connectivity index (χ1) is 12.1. The zero-order chi connectivity index (χ0) is 17.6. The molecule has 0 amide bonds. The molecule has 1 aromatic heterocycles. The first-order valence-corrected chi connectivity index (χ1v) is 8.13. The molecule has 25 heavy (non-hydrogen) atoms. The average molecular weight is 330 g/mol. The molecular weight excluding hydrogens is 310 g/mol. The van der Waals surface area contributed by atoms with E-state index in [1.165, 1.54) is 0 Å². The van der Waals surface area contributed by atoms with Crippen molar-refractivity contribution in [3.63, 3.8) is 0 Å². The highest BCUT2D eigenvalue weighted by Gasteiger charge is 2.24. The van der Waals surface area contributed by atoms with Gasteiger partial charge in [0.25, 0.3) is 0 Å². The SMILES string of the molecule is C=C(C)C(OC(=O)c1ccccc1)[n+]1ccc(-c2ccccc2)cc1. The van der Waals surface area contributed by atoms with Gasteiger partial charge in [-0.05, 0) is 30.2 Å². The maximum Gasteiger partial charge on any atom is 0.343 e. The number of benzene rings is 2. The van der Waals surface area contributed by atoms with Crippen LogP contribution in [0.25, 0.3) is 11.1 Å². The van der Waals surface area contributed by atoms with Crippen molar-refractivity contribution in [3.8, 4) is 11.1 Å². The Morgan fingerprint density at radius 2 is 1.40 bits per heavy atom. The van der Waals surface area contributed by atoms with E-state index in [2.05, 4.69) is 18.7 Å². The molecule has 0 radical (unpaired) electrons. The number of esters is 1. The quantitative estimate of drug-likeness (QED) is 0.390. The predicted molar refractivity (Wildman–Crippen MR) is 97.8 cm³/mol. The van der Waals surface area contributed by atoms with Crippen LogP contribution in [0.15, 0.2) is 97.3 Å². The molecule has 0 saturated heterocycles. The number of hydrogen-bond acceptors (Lipinski definition) is 2. The topological polar surface area (TPSA) is 30.2 Å². The molecular formula is C22H20NO2+. The van der Waals surface area contributed by atoms with Crippen LogP contribution in [-0.4, -0.2) is 5.97 Å². The maximum absolute atomic E-state index is 12.3. The fourth-order valence-corrected chi connectivity index (χ4v) is 2.58. The van der Waals surface area contributed by atoms with Crippen LogP contribution < -0.4 is 4.57 Å². The van der Waals surface area contributed by atoms with Gasteiger partial charge in [-0.2, -0.15) is 4.57 Å². The Morgan fingerprint density at radius 3 is 1.96 bits per heavy atom. The standard InChI is InChI=1S/C22H20NO2/c1-17(2)21(25-22(24)20-11-7-4-8-12-20)23-15-13-19(14-16-23)18-9-5-3-6-10-18/h3-16,21H,1H2,2H3/q+1. The molecule has 0 aliphatic rings. The van der Waals surface area contributed by atoms with Crippen LogP contribution in [0.5, 0.6) is 0 Å². The van der Waals surface area contributed by atoms with Crippen LogP contribution >= 0.6 is 0 Å². The molecule has 1 heterocycles. The lowest BCUT2D eigenvalue weighted by Crippen LogP contribution is -2.42. The van der Waals surface area contributed by atoms with E-state index in [9.17, 15) is 4.79 Å². The molecule has 1 atom stereocenters. The molecule has 0 saturated carbocycles. The minimum atomic E-state index is -0.544. The van der Waals surface area contributed by atoms with Crippen molar-refractivity contribution in [2.24, 2.45) is 0 Å². The van der Waals surface area contributed by atoms with E-state index in [4.69, 9.17) is 4.74 Å². The maximum atomic E-state index is 12.3. The first kappa shape index (κ1) is 16.7. The van der Waals surface area contributed by atoms with Gasteiger partial charge in [0.1, 0.15) is 0 Å². The van der Waals surface area contributed by atoms with Gasteiger partial charge in [0.15, 0.2) is 12.4 Å². The van der Waals surface area contributed by atoms with Gasteiger partial charge < -0.3 is 4.74 Å². The third kappa shape index (κ3) is 4.01. The molecule has 2 aromatic carbocycles. The third-order valence-corrected chi connectivity index (χ3v) is 3.88. The zero-order valence-electron chi connectivity index (χ0n) is 14.1. The summed E-state index contributed by atoms with van der Waals surface area (Å²) in [5.41, 5.74) is 3.52. The van der Waals surface area contributed by atoms with Crippen LogP contribution in [0.3, 0.4) is 0 Å². The van der Waals surface area contributed by atoms with Crippen LogP contribution in [0.4, 0.5) is 0 Å². The van der Waals surface area contributed by atoms with E-state index < -0.39 is 6.23 Å². The number of carbonyl (C=O) groups excluding carboxylic acids is 1. The normalized spacial score (nSPS) is 11.6. The summed E-state index contributed by atoms with van der Waals surface area (Å²) in [6, 6.07) is 23.1. The molecule has 0 fully saturated rings. The molecule has 0 aliphatic carbocycles. The van der Waals surface area contributed by atoms with Gasteiger partial charge in [-0.1, -0.05) is 55.1 Å². The van der Waals surface area contributed by atoms with Crippen LogP contribution in [0.1, 0.15) is 23.5 Å². The van der Waals surface area contributed by atoms with E-state index in [1.807, 2.05) is 72.4 Å². The first-order valence-electron chi connectivity index (χ1n) is 8.13. The van der Waals surface area contributed by atoms with E-state index >= 15 is 0 Å². The van der Waals surface area contributed by atoms with Crippen molar-refractivity contribution in [1.82, 2.24) is 0 Å². The van der Waals surface area contributed by atoms with Gasteiger partial charge in [0.2, 0.25) is 0 Å². The Morgan fingerprint density at radius 1 is 0.880 bits per heavy atom. The van der Waals surface area contributed by atoms with Gasteiger partial charge in [-0.15, -0.1) is 0 Å². The zero-order valence-corrected chi connectivity index (χ0v) is 14.1. The van der Waals surface area contributed by atoms with Gasteiger partial charge in [-0.3, -0.25) is 0 Å². The Balaban J connectivity index is 1.81. The molecule has 3 heteroatoms. The second kappa shape index (κ2) is 7.58. The summed E-state index contributed by atoms with van der Waals surface area (Å²) in [6.45, 7) is 5.81. The molecule has 0 N–H and O–H groups in total. The third-order valence-electron chi connectivity index (χ3n) is 3.88. The molecule has 124 valence electrons. The van der Waals surface area contributed by atoms with E-state index in [1.54, 1.807) is 12.1 Å². The monoisotopic (exact) mass is 330 g/mol. The molecule has 3 nitrogen and oxygen atoms in total. The number of carbonyl (C=O) groups is 1. The minimum absolute atomic E-state index is 0.367. The van der Waals surface area contributed by atoms with Crippen molar-refractivity contribution < 1.29 is 14.1 Å². The Kier molecular flexibility index (Phi) is 5.05. The Hall–Kier alpha value is -3.20. The highest BCUT2D eigenvalue weighted by molar-refractivity contribution is 5.89. The number of pyridine rings is 1. The minimum Gasteiger partial charge on any atom is -0.395 e. The van der Waals surface area contributed by atoms with Crippen LogP contribution in [0.2, 0.25) is 0 Å². The summed E-state index contributed by atoms with van der Waals surface area (Å²) >= 11 is 0. The highest BCUT2D eigenvalue weighted by Crippen LogP contribution is 2.19. The summed E-state index contributed by atoms with van der Waals surface area (Å²) in [5, 5.41) is 0. The lowest BCUT2D eigenvalue weighted by Gasteiger charge is -2.13. The molecule has 0 bridgehead atoms. The van der Waals surface area contributed by atoms with Gasteiger partial charge in [-0.25, -0.2) is 4.79 Å². The predicted octanol–water partition coefficient (Wildman–Crippen LogP) is 4.57. The van der Waals surface area contributed by atoms with E-state index in [0.717, 1.165) is 16.7 Å². The van der Waals surface area contributed by atoms with Crippen LogP contribution in [-0.2, 0) is 4.74 Å². The molecule has 0 aliphatic heterocycles. The Bertz CT molecular complexity index is 856. The average Bonchev–Trinajstić information content (AvgIpc) is 2.67. The lowest BCUT2D eigenvalue weighted by molar-refractivity contribution is -0.746. The summed E-state index contributed by atoms with van der Waals surface area (Å²) < 4.78 is 7.50. The number of ether oxygens (including phenoxy) is 1. The van der Waals surface area contributed by atoms with Crippen molar-refractivity contribution >= 4 is 5.97 Å². The molecule has 1 unspecified atom stereocenters. The van der Waals surface area contributed by atoms with Gasteiger partial charge >= 0.3 is 12.2 Å². The number of rotatable bonds is 5. The van der Waals surface area contributed by atoms with Crippen molar-refractivity contribution in [3.05, 3.63) is 103 Å². The van der Waals surface area contributed by atoms with Gasteiger partial charge in [0, 0.05) is 17.7 Å². The lowest BCUT2D eigenvalue weighted by atomic mass is 10.1. The molecule has 0 spiro atoms. The fraction of sp³-hybridized carbons (Fsp3) is 0.0909. The second-order valence-electron chi connectivity index (χ2n) is 5.87. The molecule has 3 rings (SSSR count). The largest absolute Gasteiger partial charge is 0.395 e. The van der Waals surface area contributed by atoms with Crippen molar-refractivity contribution in [2.75, 3.05) is 0 Å². The number of nitrogens with zero attached hydrogens (tertiary/aromatic N) is 1. The van der Waals surface area contributed by atoms with Crippen LogP contribution in [0, 0.1) is 0 Å². The number of aromatic nitrogens is 1.